The first-order valence-electron chi connectivity index (χ1n) is 14.8. The molecule has 3 aliphatic rings. The number of hydrogen-bond donors (Lipinski definition) is 2. The molecule has 3 N–H and O–H groups in total. The van der Waals surface area contributed by atoms with Crippen LogP contribution in [0.4, 0.5) is 5.88 Å². The van der Waals surface area contributed by atoms with Gasteiger partial charge in [0.05, 0.1) is 0 Å². The molecule has 7 nitrogen and oxygen atoms in total. The van der Waals surface area contributed by atoms with E-state index in [9.17, 15) is 4.79 Å². The van der Waals surface area contributed by atoms with Gasteiger partial charge in [0.1, 0.15) is 17.9 Å². The van der Waals surface area contributed by atoms with E-state index in [0.717, 1.165) is 84.5 Å². The standard InChI is InChI=1S/C34H35N3O4S/c1-2-6-23(24-9-3-4-10-25(24)31(35)21-7-5-8-21)22-17-26(32-29(18-22)39-15-16-40-32)27-20-42-34-28(38)19-30(41-33(27)34)37-13-11-36-12-14-37/h3-4,6,9-10,17-20,36H,2,5,7-8,11-16,35H2,1H3/b23-6+. The van der Waals surface area contributed by atoms with E-state index in [1.54, 1.807) is 6.07 Å². The zero-order chi connectivity index (χ0) is 28.6. The highest BCUT2D eigenvalue weighted by Crippen LogP contribution is 2.47. The topological polar surface area (TPSA) is 90.0 Å². The molecule has 4 aromatic rings. The molecule has 1 aliphatic carbocycles. The molecule has 2 aliphatic heterocycles. The van der Waals surface area contributed by atoms with Crippen LogP contribution in [-0.2, 0) is 0 Å². The Morgan fingerprint density at radius 2 is 1.83 bits per heavy atom. The molecule has 0 spiro atoms. The van der Waals surface area contributed by atoms with Gasteiger partial charge in [0.2, 0.25) is 5.43 Å². The molecule has 2 fully saturated rings. The predicted molar refractivity (Wildman–Crippen MR) is 171 cm³/mol. The Morgan fingerprint density at radius 1 is 1.05 bits per heavy atom. The lowest BCUT2D eigenvalue weighted by Gasteiger charge is -2.27. The van der Waals surface area contributed by atoms with Gasteiger partial charge in [-0.05, 0) is 60.1 Å². The summed E-state index contributed by atoms with van der Waals surface area (Å²) in [5.41, 5.74) is 15.5. The number of allylic oxidation sites excluding steroid dienone is 2. The molecular formula is C34H35N3O4S. The number of thiophene rings is 1. The molecule has 1 saturated carbocycles. The second-order valence-corrected chi connectivity index (χ2v) is 11.9. The van der Waals surface area contributed by atoms with Gasteiger partial charge in [-0.1, -0.05) is 37.3 Å². The molecule has 8 heteroatoms. The molecule has 4 heterocycles. The van der Waals surface area contributed by atoms with Crippen LogP contribution in [0.2, 0.25) is 0 Å². The lowest BCUT2D eigenvalue weighted by Crippen LogP contribution is -2.43. The SMILES string of the molecule is CC/C=C(\c1cc2c(c(-c3csc4c(=O)cc(N5CCNCC5)oc34)c1)OCCO2)c1ccccc1C(N)=C1CCC1. The number of piperazine rings is 1. The van der Waals surface area contributed by atoms with Gasteiger partial charge in [-0.3, -0.25) is 4.79 Å². The first-order chi connectivity index (χ1) is 20.6. The smallest absolute Gasteiger partial charge is 0.204 e. The molecule has 7 rings (SSSR count). The molecule has 216 valence electrons. The quantitative estimate of drug-likeness (QED) is 0.272. The highest BCUT2D eigenvalue weighted by Gasteiger charge is 2.26. The lowest BCUT2D eigenvalue weighted by molar-refractivity contribution is 0.172. The Labute approximate surface area is 249 Å². The fourth-order valence-corrected chi connectivity index (χ4v) is 6.92. The number of rotatable bonds is 6. The number of nitrogens with one attached hydrogen (secondary N) is 1. The number of anilines is 1. The van der Waals surface area contributed by atoms with Gasteiger partial charge in [-0.25, -0.2) is 0 Å². The fraction of sp³-hybridized carbons (Fsp3) is 0.324. The van der Waals surface area contributed by atoms with E-state index in [-0.39, 0.29) is 5.43 Å². The Balaban J connectivity index is 1.41. The van der Waals surface area contributed by atoms with Crippen molar-refractivity contribution in [3.8, 4) is 22.6 Å². The van der Waals surface area contributed by atoms with Crippen molar-refractivity contribution < 1.29 is 13.9 Å². The Hall–Kier alpha value is -4.01. The molecule has 42 heavy (non-hydrogen) atoms. The van der Waals surface area contributed by atoms with Crippen molar-refractivity contribution in [2.45, 2.75) is 32.6 Å². The van der Waals surface area contributed by atoms with E-state index in [4.69, 9.17) is 19.6 Å². The van der Waals surface area contributed by atoms with Crippen molar-refractivity contribution >= 4 is 38.8 Å². The number of nitrogens with zero attached hydrogens (tertiary/aromatic N) is 1. The number of ether oxygens (including phenoxy) is 2. The maximum atomic E-state index is 13.2. The predicted octanol–water partition coefficient (Wildman–Crippen LogP) is 6.40. The number of fused-ring (bicyclic) bond motifs is 2. The number of hydrogen-bond acceptors (Lipinski definition) is 8. The second kappa shape index (κ2) is 11.3. The molecule has 0 amide bonds. The Bertz CT molecular complexity index is 1770. The van der Waals surface area contributed by atoms with Gasteiger partial charge >= 0.3 is 0 Å². The van der Waals surface area contributed by atoms with Crippen LogP contribution in [0.3, 0.4) is 0 Å². The van der Waals surface area contributed by atoms with Crippen molar-refractivity contribution in [3.63, 3.8) is 0 Å². The van der Waals surface area contributed by atoms with Gasteiger partial charge in [-0.2, -0.15) is 0 Å². The highest BCUT2D eigenvalue weighted by atomic mass is 32.1. The zero-order valence-corrected chi connectivity index (χ0v) is 24.6. The minimum Gasteiger partial charge on any atom is -0.486 e. The van der Waals surface area contributed by atoms with E-state index in [2.05, 4.69) is 59.6 Å². The third-order valence-corrected chi connectivity index (χ3v) is 9.33. The third-order valence-electron chi connectivity index (χ3n) is 8.36. The normalized spacial score (nSPS) is 16.9. The van der Waals surface area contributed by atoms with Crippen molar-refractivity contribution in [1.29, 1.82) is 0 Å². The van der Waals surface area contributed by atoms with Crippen LogP contribution in [0.25, 0.3) is 32.7 Å². The highest BCUT2D eigenvalue weighted by molar-refractivity contribution is 7.17. The average Bonchev–Trinajstić information content (AvgIpc) is 3.43. The van der Waals surface area contributed by atoms with Gasteiger partial charge in [0.25, 0.3) is 0 Å². The van der Waals surface area contributed by atoms with Gasteiger partial charge in [-0.15, -0.1) is 11.3 Å². The minimum absolute atomic E-state index is 0.0248. The summed E-state index contributed by atoms with van der Waals surface area (Å²) in [6.07, 6.45) is 6.43. The fourth-order valence-electron chi connectivity index (χ4n) is 6.02. The summed E-state index contributed by atoms with van der Waals surface area (Å²) < 4.78 is 19.5. The van der Waals surface area contributed by atoms with Crippen molar-refractivity contribution in [2.75, 3.05) is 44.3 Å². The van der Waals surface area contributed by atoms with E-state index >= 15 is 0 Å². The number of nitrogens with two attached hydrogens (primary N) is 1. The number of benzene rings is 2. The van der Waals surface area contributed by atoms with Crippen LogP contribution < -0.4 is 30.9 Å². The van der Waals surface area contributed by atoms with Crippen molar-refractivity contribution in [1.82, 2.24) is 5.32 Å². The largest absolute Gasteiger partial charge is 0.486 e. The van der Waals surface area contributed by atoms with Crippen LogP contribution in [0.1, 0.15) is 49.3 Å². The molecule has 1 saturated heterocycles. The summed E-state index contributed by atoms with van der Waals surface area (Å²) in [5.74, 6) is 1.98. The summed E-state index contributed by atoms with van der Waals surface area (Å²) in [7, 11) is 0. The van der Waals surface area contributed by atoms with Crippen LogP contribution in [0.5, 0.6) is 11.5 Å². The van der Waals surface area contributed by atoms with E-state index in [1.165, 1.54) is 23.3 Å². The van der Waals surface area contributed by atoms with Gasteiger partial charge in [0, 0.05) is 60.0 Å². The van der Waals surface area contributed by atoms with Crippen LogP contribution >= 0.6 is 11.3 Å². The molecule has 2 aromatic heterocycles. The minimum atomic E-state index is -0.0248. The maximum Gasteiger partial charge on any atom is 0.204 e. The van der Waals surface area contributed by atoms with E-state index in [1.807, 2.05) is 5.38 Å². The summed E-state index contributed by atoms with van der Waals surface area (Å²) in [5, 5.41) is 5.37. The Kier molecular flexibility index (Phi) is 7.25. The maximum absolute atomic E-state index is 13.2. The third kappa shape index (κ3) is 4.78. The first kappa shape index (κ1) is 26.9. The van der Waals surface area contributed by atoms with Crippen molar-refractivity contribution in [3.05, 3.63) is 86.4 Å². The van der Waals surface area contributed by atoms with E-state index in [0.29, 0.717) is 40.9 Å². The molecule has 2 aromatic carbocycles. The molecule has 0 bridgehead atoms. The molecular weight excluding hydrogens is 546 g/mol. The van der Waals surface area contributed by atoms with Crippen LogP contribution in [0.15, 0.2) is 68.7 Å². The van der Waals surface area contributed by atoms with Gasteiger partial charge in [0.15, 0.2) is 23.0 Å². The molecule has 0 radical (unpaired) electrons. The summed E-state index contributed by atoms with van der Waals surface area (Å²) in [4.78, 5) is 15.4. The lowest BCUT2D eigenvalue weighted by atomic mass is 9.85. The van der Waals surface area contributed by atoms with Gasteiger partial charge < -0.3 is 29.8 Å². The zero-order valence-electron chi connectivity index (χ0n) is 23.8. The van der Waals surface area contributed by atoms with Crippen molar-refractivity contribution in [2.24, 2.45) is 5.73 Å². The summed E-state index contributed by atoms with van der Waals surface area (Å²) in [6, 6.07) is 14.2. The second-order valence-electron chi connectivity index (χ2n) is 11.0. The molecule has 0 atom stereocenters. The van der Waals surface area contributed by atoms with E-state index < -0.39 is 0 Å². The van der Waals surface area contributed by atoms with Crippen LogP contribution in [0, 0.1) is 0 Å². The monoisotopic (exact) mass is 581 g/mol. The average molecular weight is 582 g/mol. The first-order valence-corrected chi connectivity index (χ1v) is 15.7. The summed E-state index contributed by atoms with van der Waals surface area (Å²) >= 11 is 1.41. The Morgan fingerprint density at radius 3 is 2.60 bits per heavy atom. The summed E-state index contributed by atoms with van der Waals surface area (Å²) in [6.45, 7) is 6.38. The molecule has 0 unspecified atom stereocenters. The van der Waals surface area contributed by atoms with Crippen LogP contribution in [-0.4, -0.2) is 39.4 Å².